The Morgan fingerprint density at radius 1 is 0.870 bits per heavy atom. The molecule has 1 fully saturated rings. The minimum absolute atomic E-state index is 0.248. The molecule has 0 saturated carbocycles. The van der Waals surface area contributed by atoms with Gasteiger partial charge in [0, 0.05) is 31.9 Å². The van der Waals surface area contributed by atoms with E-state index in [2.05, 4.69) is 9.74 Å². The molecule has 0 bridgehead atoms. The Balaban J connectivity index is 1.72. The molecule has 118 valence electrons. The van der Waals surface area contributed by atoms with E-state index in [0.717, 1.165) is 5.69 Å². The van der Waals surface area contributed by atoms with Crippen LogP contribution in [0.4, 0.5) is 11.4 Å². The molecular weight excluding hydrogens is 310 g/mol. The summed E-state index contributed by atoms with van der Waals surface area (Å²) in [6.45, 7) is 9.19. The maximum atomic E-state index is 12.7. The van der Waals surface area contributed by atoms with Gasteiger partial charge in [0.1, 0.15) is 0 Å². The van der Waals surface area contributed by atoms with Crippen molar-refractivity contribution in [1.82, 2.24) is 4.31 Å². The molecule has 2 aromatic carbocycles. The SMILES string of the molecule is [C-]#[N+]c1ccc(S(=O)(=O)N2CCN(c3ccccc3)CC2)cc1. The maximum absolute atomic E-state index is 12.7. The van der Waals surface area contributed by atoms with Crippen molar-refractivity contribution >= 4 is 21.4 Å². The van der Waals surface area contributed by atoms with Gasteiger partial charge >= 0.3 is 0 Å². The molecule has 0 unspecified atom stereocenters. The van der Waals surface area contributed by atoms with Crippen molar-refractivity contribution in [3.63, 3.8) is 0 Å². The lowest BCUT2D eigenvalue weighted by atomic mass is 10.2. The van der Waals surface area contributed by atoms with Crippen LogP contribution in [0.25, 0.3) is 4.85 Å². The molecule has 2 aromatic rings. The molecule has 0 radical (unpaired) electrons. The van der Waals surface area contributed by atoms with Crippen molar-refractivity contribution < 1.29 is 8.42 Å². The Kier molecular flexibility index (Phi) is 4.33. The highest BCUT2D eigenvalue weighted by molar-refractivity contribution is 7.89. The van der Waals surface area contributed by atoms with Crippen LogP contribution >= 0.6 is 0 Å². The summed E-state index contributed by atoms with van der Waals surface area (Å²) in [7, 11) is -3.49. The van der Waals surface area contributed by atoms with Gasteiger partial charge in [-0.3, -0.25) is 0 Å². The normalized spacial score (nSPS) is 16.0. The minimum Gasteiger partial charge on any atom is -0.369 e. The molecule has 0 N–H and O–H groups in total. The van der Waals surface area contributed by atoms with Gasteiger partial charge in [-0.05, 0) is 12.1 Å². The van der Waals surface area contributed by atoms with E-state index in [9.17, 15) is 8.42 Å². The number of rotatable bonds is 3. The van der Waals surface area contributed by atoms with Crippen molar-refractivity contribution in [2.45, 2.75) is 4.90 Å². The minimum atomic E-state index is -3.49. The Labute approximate surface area is 136 Å². The van der Waals surface area contributed by atoms with Gasteiger partial charge in [-0.15, -0.1) is 0 Å². The third-order valence-corrected chi connectivity index (χ3v) is 5.88. The van der Waals surface area contributed by atoms with Crippen molar-refractivity contribution in [3.8, 4) is 0 Å². The van der Waals surface area contributed by atoms with Crippen molar-refractivity contribution in [1.29, 1.82) is 0 Å². The summed E-state index contributed by atoms with van der Waals surface area (Å²) in [5, 5.41) is 0. The molecule has 23 heavy (non-hydrogen) atoms. The number of sulfonamides is 1. The van der Waals surface area contributed by atoms with E-state index in [4.69, 9.17) is 6.57 Å². The van der Waals surface area contributed by atoms with E-state index >= 15 is 0 Å². The molecular formula is C17H17N3O2S. The standard InChI is InChI=1S/C17H17N3O2S/c1-18-15-7-9-17(10-8-15)23(21,22)20-13-11-19(12-14-20)16-5-3-2-4-6-16/h2-10H,11-14H2. The van der Waals surface area contributed by atoms with Crippen LogP contribution < -0.4 is 4.90 Å². The highest BCUT2D eigenvalue weighted by Crippen LogP contribution is 2.22. The predicted molar refractivity (Wildman–Crippen MR) is 90.1 cm³/mol. The highest BCUT2D eigenvalue weighted by Gasteiger charge is 2.28. The van der Waals surface area contributed by atoms with Crippen LogP contribution in [0.3, 0.4) is 0 Å². The zero-order valence-electron chi connectivity index (χ0n) is 12.6. The Morgan fingerprint density at radius 3 is 2.04 bits per heavy atom. The number of para-hydroxylation sites is 1. The Morgan fingerprint density at radius 2 is 1.48 bits per heavy atom. The number of piperazine rings is 1. The van der Waals surface area contributed by atoms with Gasteiger partial charge in [0.05, 0.1) is 11.5 Å². The molecule has 1 aliphatic heterocycles. The molecule has 1 saturated heterocycles. The molecule has 1 aliphatic rings. The fourth-order valence-electron chi connectivity index (χ4n) is 2.67. The summed E-state index contributed by atoms with van der Waals surface area (Å²) in [6.07, 6.45) is 0. The lowest BCUT2D eigenvalue weighted by molar-refractivity contribution is 0.385. The summed E-state index contributed by atoms with van der Waals surface area (Å²) in [4.78, 5) is 5.72. The summed E-state index contributed by atoms with van der Waals surface area (Å²) in [5.41, 5.74) is 1.56. The van der Waals surface area contributed by atoms with Gasteiger partial charge in [0.25, 0.3) is 0 Å². The van der Waals surface area contributed by atoms with E-state index in [1.807, 2.05) is 30.3 Å². The second-order valence-corrected chi connectivity index (χ2v) is 7.27. The lowest BCUT2D eigenvalue weighted by Crippen LogP contribution is -2.48. The zero-order valence-corrected chi connectivity index (χ0v) is 13.4. The quantitative estimate of drug-likeness (QED) is 0.814. The van der Waals surface area contributed by atoms with Crippen LogP contribution in [0.15, 0.2) is 59.5 Å². The monoisotopic (exact) mass is 327 g/mol. The molecule has 0 spiro atoms. The average molecular weight is 327 g/mol. The summed E-state index contributed by atoms with van der Waals surface area (Å²) < 4.78 is 26.8. The second kappa shape index (κ2) is 6.41. The number of benzene rings is 2. The van der Waals surface area contributed by atoms with Crippen LogP contribution in [-0.2, 0) is 10.0 Å². The fourth-order valence-corrected chi connectivity index (χ4v) is 4.09. The number of anilines is 1. The van der Waals surface area contributed by atoms with E-state index < -0.39 is 10.0 Å². The summed E-state index contributed by atoms with van der Waals surface area (Å²) in [5.74, 6) is 0. The Hall–Kier alpha value is -2.36. The first-order valence-electron chi connectivity index (χ1n) is 7.39. The van der Waals surface area contributed by atoms with E-state index in [1.54, 1.807) is 12.1 Å². The first-order chi connectivity index (χ1) is 11.1. The number of nitrogens with zero attached hydrogens (tertiary/aromatic N) is 3. The van der Waals surface area contributed by atoms with Crippen LogP contribution in [-0.4, -0.2) is 38.9 Å². The molecule has 0 atom stereocenters. The van der Waals surface area contributed by atoms with E-state index in [-0.39, 0.29) is 4.90 Å². The zero-order chi connectivity index (χ0) is 16.3. The van der Waals surface area contributed by atoms with Crippen LogP contribution in [0.1, 0.15) is 0 Å². The molecule has 6 heteroatoms. The first kappa shape index (κ1) is 15.5. The fraction of sp³-hybridized carbons (Fsp3) is 0.235. The second-order valence-electron chi connectivity index (χ2n) is 5.33. The van der Waals surface area contributed by atoms with Gasteiger partial charge in [-0.25, -0.2) is 13.3 Å². The molecule has 0 amide bonds. The third-order valence-electron chi connectivity index (χ3n) is 3.96. The average Bonchev–Trinajstić information content (AvgIpc) is 2.62. The third kappa shape index (κ3) is 3.21. The molecule has 3 rings (SSSR count). The van der Waals surface area contributed by atoms with Gasteiger partial charge in [-0.1, -0.05) is 42.5 Å². The van der Waals surface area contributed by atoms with Crippen LogP contribution in [0.2, 0.25) is 0 Å². The van der Waals surface area contributed by atoms with Gasteiger partial charge in [0.15, 0.2) is 5.69 Å². The van der Waals surface area contributed by atoms with E-state index in [1.165, 1.54) is 16.4 Å². The Bertz CT molecular complexity index is 803. The van der Waals surface area contributed by atoms with Crippen LogP contribution in [0.5, 0.6) is 0 Å². The largest absolute Gasteiger partial charge is 0.369 e. The van der Waals surface area contributed by atoms with Crippen molar-refractivity contribution in [2.75, 3.05) is 31.1 Å². The van der Waals surface area contributed by atoms with Gasteiger partial charge in [-0.2, -0.15) is 4.31 Å². The summed E-state index contributed by atoms with van der Waals surface area (Å²) >= 11 is 0. The molecule has 0 aliphatic carbocycles. The van der Waals surface area contributed by atoms with Crippen LogP contribution in [0, 0.1) is 6.57 Å². The molecule has 1 heterocycles. The van der Waals surface area contributed by atoms with Gasteiger partial charge < -0.3 is 4.90 Å². The molecule has 0 aromatic heterocycles. The summed E-state index contributed by atoms with van der Waals surface area (Å²) in [6, 6.07) is 16.1. The first-order valence-corrected chi connectivity index (χ1v) is 8.83. The highest BCUT2D eigenvalue weighted by atomic mass is 32.2. The number of hydrogen-bond acceptors (Lipinski definition) is 3. The predicted octanol–water partition coefficient (Wildman–Crippen LogP) is 2.75. The topological polar surface area (TPSA) is 45.0 Å². The van der Waals surface area contributed by atoms with Crippen molar-refractivity contribution in [2.24, 2.45) is 0 Å². The smallest absolute Gasteiger partial charge is 0.243 e. The lowest BCUT2D eigenvalue weighted by Gasteiger charge is -2.35. The van der Waals surface area contributed by atoms with Gasteiger partial charge in [0.2, 0.25) is 10.0 Å². The van der Waals surface area contributed by atoms with Crippen molar-refractivity contribution in [3.05, 3.63) is 66.0 Å². The maximum Gasteiger partial charge on any atom is 0.243 e. The van der Waals surface area contributed by atoms with E-state index in [0.29, 0.717) is 31.9 Å². The number of hydrogen-bond donors (Lipinski definition) is 0. The molecule has 5 nitrogen and oxygen atoms in total.